The van der Waals surface area contributed by atoms with Crippen LogP contribution in [0.2, 0.25) is 0 Å². The van der Waals surface area contributed by atoms with Crippen LogP contribution in [-0.4, -0.2) is 37.8 Å². The average Bonchev–Trinajstić information content (AvgIpc) is 3.46. The summed E-state index contributed by atoms with van der Waals surface area (Å²) in [5, 5.41) is 0. The summed E-state index contributed by atoms with van der Waals surface area (Å²) in [4.78, 5) is 12.5. The Kier molecular flexibility index (Phi) is 4.39. The molecule has 1 aliphatic heterocycles. The SMILES string of the molecule is O=C(NS(=O)(=O)N1CCC1)c1cc(C2CC2)c(OC2CCC3CC3C2)cc1F. The van der Waals surface area contributed by atoms with Gasteiger partial charge in [-0.1, -0.05) is 0 Å². The molecular weight excluding hydrogens is 383 g/mol. The Labute approximate surface area is 164 Å². The van der Waals surface area contributed by atoms with E-state index in [1.54, 1.807) is 0 Å². The summed E-state index contributed by atoms with van der Waals surface area (Å²) >= 11 is 0. The zero-order valence-corrected chi connectivity index (χ0v) is 16.5. The van der Waals surface area contributed by atoms with Gasteiger partial charge in [0.05, 0.1) is 11.7 Å². The Morgan fingerprint density at radius 3 is 2.54 bits per heavy atom. The molecule has 1 amide bonds. The summed E-state index contributed by atoms with van der Waals surface area (Å²) in [7, 11) is -3.90. The fourth-order valence-corrected chi connectivity index (χ4v) is 5.63. The molecule has 3 unspecified atom stereocenters. The molecule has 3 saturated carbocycles. The fraction of sp³-hybridized carbons (Fsp3) is 0.650. The average molecular weight is 408 g/mol. The molecule has 4 fully saturated rings. The number of nitrogens with one attached hydrogen (secondary N) is 1. The van der Waals surface area contributed by atoms with E-state index < -0.39 is 21.9 Å². The lowest BCUT2D eigenvalue weighted by Crippen LogP contribution is -2.49. The van der Waals surface area contributed by atoms with Gasteiger partial charge in [0.25, 0.3) is 5.91 Å². The number of nitrogens with zero attached hydrogens (tertiary/aromatic N) is 1. The van der Waals surface area contributed by atoms with Crippen LogP contribution in [0.1, 0.15) is 66.8 Å². The van der Waals surface area contributed by atoms with Crippen molar-refractivity contribution in [2.24, 2.45) is 11.8 Å². The molecule has 3 aliphatic carbocycles. The van der Waals surface area contributed by atoms with Crippen molar-refractivity contribution in [1.29, 1.82) is 0 Å². The molecular formula is C20H25FN2O4S. The van der Waals surface area contributed by atoms with Gasteiger partial charge in [-0.15, -0.1) is 0 Å². The lowest BCUT2D eigenvalue weighted by atomic mass is 9.97. The summed E-state index contributed by atoms with van der Waals surface area (Å²) in [6.45, 7) is 0.767. The number of amides is 1. The molecule has 0 aromatic heterocycles. The van der Waals surface area contributed by atoms with Gasteiger partial charge < -0.3 is 4.74 Å². The number of halogens is 1. The van der Waals surface area contributed by atoms with Crippen LogP contribution in [0.3, 0.4) is 0 Å². The summed E-state index contributed by atoms with van der Waals surface area (Å²) in [5.41, 5.74) is 0.593. The van der Waals surface area contributed by atoms with E-state index in [4.69, 9.17) is 4.74 Å². The van der Waals surface area contributed by atoms with Gasteiger partial charge in [0.1, 0.15) is 11.6 Å². The molecule has 0 spiro atoms. The minimum atomic E-state index is -3.90. The monoisotopic (exact) mass is 408 g/mol. The van der Waals surface area contributed by atoms with E-state index in [0.717, 1.165) is 49.5 Å². The first kappa shape index (κ1) is 18.4. The molecule has 1 aromatic rings. The van der Waals surface area contributed by atoms with E-state index in [2.05, 4.69) is 0 Å². The van der Waals surface area contributed by atoms with Crippen molar-refractivity contribution in [3.05, 3.63) is 29.1 Å². The fourth-order valence-electron chi connectivity index (χ4n) is 4.42. The quantitative estimate of drug-likeness (QED) is 0.785. The normalized spacial score (nSPS) is 29.5. The smallest absolute Gasteiger partial charge is 0.304 e. The highest BCUT2D eigenvalue weighted by molar-refractivity contribution is 7.87. The van der Waals surface area contributed by atoms with Gasteiger partial charge in [-0.2, -0.15) is 12.7 Å². The second-order valence-corrected chi connectivity index (χ2v) is 10.3. The van der Waals surface area contributed by atoms with Crippen molar-refractivity contribution in [2.45, 2.75) is 57.0 Å². The van der Waals surface area contributed by atoms with Crippen LogP contribution >= 0.6 is 0 Å². The number of carbonyl (C=O) groups is 1. The predicted molar refractivity (Wildman–Crippen MR) is 101 cm³/mol. The molecule has 6 nitrogen and oxygen atoms in total. The van der Waals surface area contributed by atoms with Gasteiger partial charge in [-0.3, -0.25) is 4.79 Å². The lowest BCUT2D eigenvalue weighted by molar-refractivity contribution is 0.0973. The Morgan fingerprint density at radius 2 is 1.89 bits per heavy atom. The van der Waals surface area contributed by atoms with Crippen LogP contribution < -0.4 is 9.46 Å². The third kappa shape index (κ3) is 3.52. The van der Waals surface area contributed by atoms with Crippen molar-refractivity contribution in [2.75, 3.05) is 13.1 Å². The van der Waals surface area contributed by atoms with Gasteiger partial charge in [-0.25, -0.2) is 9.11 Å². The third-order valence-corrected chi connectivity index (χ3v) is 8.01. The van der Waals surface area contributed by atoms with Crippen molar-refractivity contribution >= 4 is 16.1 Å². The first-order chi connectivity index (χ1) is 13.4. The number of hydrogen-bond donors (Lipinski definition) is 1. The van der Waals surface area contributed by atoms with E-state index in [-0.39, 0.29) is 17.6 Å². The van der Waals surface area contributed by atoms with Crippen molar-refractivity contribution < 1.29 is 22.3 Å². The highest BCUT2D eigenvalue weighted by atomic mass is 32.2. The highest BCUT2D eigenvalue weighted by Gasteiger charge is 2.43. The second kappa shape index (κ2) is 6.69. The van der Waals surface area contributed by atoms with Gasteiger partial charge in [0, 0.05) is 19.2 Å². The number of fused-ring (bicyclic) bond motifs is 1. The largest absolute Gasteiger partial charge is 0.490 e. The molecule has 4 aliphatic rings. The first-order valence-electron chi connectivity index (χ1n) is 10.2. The maximum absolute atomic E-state index is 14.7. The van der Waals surface area contributed by atoms with E-state index in [1.807, 2.05) is 4.72 Å². The van der Waals surface area contributed by atoms with Crippen LogP contribution in [0, 0.1) is 17.7 Å². The summed E-state index contributed by atoms with van der Waals surface area (Å²) in [6.07, 6.45) is 7.29. The summed E-state index contributed by atoms with van der Waals surface area (Å²) in [5.74, 6) is 0.730. The molecule has 3 atom stereocenters. The zero-order valence-electron chi connectivity index (χ0n) is 15.7. The minimum absolute atomic E-state index is 0.104. The molecule has 1 saturated heterocycles. The number of benzene rings is 1. The van der Waals surface area contributed by atoms with Crippen LogP contribution in [0.15, 0.2) is 12.1 Å². The molecule has 152 valence electrons. The van der Waals surface area contributed by atoms with Crippen molar-refractivity contribution in [1.82, 2.24) is 9.03 Å². The lowest BCUT2D eigenvalue weighted by Gasteiger charge is -2.29. The second-order valence-electron chi connectivity index (χ2n) is 8.64. The number of hydrogen-bond acceptors (Lipinski definition) is 4. The number of carbonyl (C=O) groups excluding carboxylic acids is 1. The molecule has 5 rings (SSSR count). The van der Waals surface area contributed by atoms with Gasteiger partial charge in [0.15, 0.2) is 0 Å². The zero-order chi connectivity index (χ0) is 19.5. The standard InChI is InChI=1S/C20H25FN2O4S/c21-18-11-19(27-15-5-4-13-8-14(13)9-15)16(12-2-3-12)10-17(18)20(24)22-28(25,26)23-6-1-7-23/h10-15H,1-9H2,(H,22,24). The number of rotatable bonds is 6. The molecule has 8 heteroatoms. The third-order valence-electron chi connectivity index (χ3n) is 6.53. The molecule has 0 bridgehead atoms. The highest BCUT2D eigenvalue weighted by Crippen LogP contribution is 2.51. The Balaban J connectivity index is 1.37. The maximum atomic E-state index is 14.7. The van der Waals surface area contributed by atoms with E-state index in [1.165, 1.54) is 29.3 Å². The van der Waals surface area contributed by atoms with Crippen LogP contribution in [-0.2, 0) is 10.2 Å². The van der Waals surface area contributed by atoms with Gasteiger partial charge >= 0.3 is 10.2 Å². The maximum Gasteiger partial charge on any atom is 0.304 e. The minimum Gasteiger partial charge on any atom is -0.490 e. The topological polar surface area (TPSA) is 75.7 Å². The van der Waals surface area contributed by atoms with Crippen molar-refractivity contribution in [3.8, 4) is 5.75 Å². The van der Waals surface area contributed by atoms with Gasteiger partial charge in [-0.05, 0) is 74.3 Å². The number of ether oxygens (including phenoxy) is 1. The summed E-state index contributed by atoms with van der Waals surface area (Å²) in [6, 6.07) is 2.77. The van der Waals surface area contributed by atoms with E-state index in [9.17, 15) is 17.6 Å². The summed E-state index contributed by atoms with van der Waals surface area (Å²) < 4.78 is 48.4. The predicted octanol–water partition coefficient (Wildman–Crippen LogP) is 2.95. The first-order valence-corrected chi connectivity index (χ1v) is 11.7. The van der Waals surface area contributed by atoms with E-state index >= 15 is 0 Å². The molecule has 1 aromatic carbocycles. The molecule has 1 heterocycles. The van der Waals surface area contributed by atoms with E-state index in [0.29, 0.717) is 18.8 Å². The van der Waals surface area contributed by atoms with Gasteiger partial charge in [0.2, 0.25) is 0 Å². The van der Waals surface area contributed by atoms with Crippen molar-refractivity contribution in [3.63, 3.8) is 0 Å². The van der Waals surface area contributed by atoms with Crippen LogP contribution in [0.4, 0.5) is 4.39 Å². The van der Waals surface area contributed by atoms with Crippen LogP contribution in [0.5, 0.6) is 5.75 Å². The molecule has 1 N–H and O–H groups in total. The Morgan fingerprint density at radius 1 is 1.11 bits per heavy atom. The molecule has 28 heavy (non-hydrogen) atoms. The molecule has 0 radical (unpaired) electrons. The Bertz CT molecular complexity index is 911. The van der Waals surface area contributed by atoms with Crippen LogP contribution in [0.25, 0.3) is 0 Å². The Hall–Kier alpha value is -1.67.